The Balaban J connectivity index is 1.25. The quantitative estimate of drug-likeness (QED) is 0.472. The number of benzene rings is 1. The summed E-state index contributed by atoms with van der Waals surface area (Å²) >= 11 is 0. The van der Waals surface area contributed by atoms with E-state index in [4.69, 9.17) is 4.74 Å². The highest BCUT2D eigenvalue weighted by Gasteiger charge is 2.52. The molecule has 8 nitrogen and oxygen atoms in total. The lowest BCUT2D eigenvalue weighted by molar-refractivity contribution is -0.123. The highest BCUT2D eigenvalue weighted by atomic mass is 16.5. The minimum Gasteiger partial charge on any atom is -0.496 e. The second kappa shape index (κ2) is 8.77. The van der Waals surface area contributed by atoms with E-state index in [1.807, 2.05) is 48.5 Å². The Morgan fingerprint density at radius 1 is 1.00 bits per heavy atom. The average molecular weight is 404 g/mol. The van der Waals surface area contributed by atoms with Gasteiger partial charge >= 0.3 is 0 Å². The molecule has 30 heavy (non-hydrogen) atoms. The largest absolute Gasteiger partial charge is 0.496 e. The first-order valence-electron chi connectivity index (χ1n) is 9.88. The molecule has 1 aliphatic rings. The van der Waals surface area contributed by atoms with Crippen LogP contribution in [-0.2, 0) is 10.2 Å². The first-order valence-corrected chi connectivity index (χ1v) is 9.88. The van der Waals surface area contributed by atoms with Crippen LogP contribution in [-0.4, -0.2) is 41.3 Å². The molecule has 4 rings (SSSR count). The molecule has 0 atom stereocenters. The minimum absolute atomic E-state index is 0.0387. The van der Waals surface area contributed by atoms with Crippen LogP contribution >= 0.6 is 0 Å². The number of carbonyl (C=O) groups excluding carboxylic acids is 1. The van der Waals surface area contributed by atoms with Gasteiger partial charge in [0, 0.05) is 36.7 Å². The zero-order chi connectivity index (χ0) is 20.8. The lowest BCUT2D eigenvalue weighted by atomic mass is 9.94. The number of aromatic nitrogens is 3. The second-order valence-corrected chi connectivity index (χ2v) is 7.13. The maximum Gasteiger partial charge on any atom is 0.230 e. The van der Waals surface area contributed by atoms with Gasteiger partial charge in [-0.15, -0.1) is 10.2 Å². The van der Waals surface area contributed by atoms with Gasteiger partial charge in [0.25, 0.3) is 0 Å². The summed E-state index contributed by atoms with van der Waals surface area (Å²) in [6.07, 6.45) is 5.09. The van der Waals surface area contributed by atoms with Gasteiger partial charge < -0.3 is 20.7 Å². The Kier molecular flexibility index (Phi) is 5.74. The first-order chi connectivity index (χ1) is 14.7. The number of nitrogens with one attached hydrogen (secondary N) is 3. The van der Waals surface area contributed by atoms with Crippen LogP contribution in [0.1, 0.15) is 18.4 Å². The number of hydrogen-bond acceptors (Lipinski definition) is 7. The van der Waals surface area contributed by atoms with Crippen molar-refractivity contribution in [2.45, 2.75) is 18.3 Å². The summed E-state index contributed by atoms with van der Waals surface area (Å²) in [5, 5.41) is 17.7. The molecule has 0 radical (unpaired) electrons. The van der Waals surface area contributed by atoms with Crippen molar-refractivity contribution in [2.75, 3.05) is 30.8 Å². The highest BCUT2D eigenvalue weighted by Crippen LogP contribution is 2.51. The molecule has 1 saturated carbocycles. The van der Waals surface area contributed by atoms with Crippen LogP contribution in [0.4, 0.5) is 17.3 Å². The molecule has 0 aliphatic heterocycles. The zero-order valence-electron chi connectivity index (χ0n) is 16.8. The van der Waals surface area contributed by atoms with E-state index in [0.717, 1.165) is 29.8 Å². The van der Waals surface area contributed by atoms with Crippen molar-refractivity contribution in [3.63, 3.8) is 0 Å². The van der Waals surface area contributed by atoms with E-state index in [1.165, 1.54) is 0 Å². The summed E-state index contributed by atoms with van der Waals surface area (Å²) in [7, 11) is 1.63. The fourth-order valence-corrected chi connectivity index (χ4v) is 3.40. The van der Waals surface area contributed by atoms with Crippen molar-refractivity contribution < 1.29 is 9.53 Å². The van der Waals surface area contributed by atoms with Crippen molar-refractivity contribution in [3.8, 4) is 5.75 Å². The molecule has 3 aromatic rings. The molecular weight excluding hydrogens is 380 g/mol. The summed E-state index contributed by atoms with van der Waals surface area (Å²) in [5.41, 5.74) is 1.39. The average Bonchev–Trinajstić information content (AvgIpc) is 3.60. The number of amides is 1. The molecule has 0 bridgehead atoms. The molecule has 8 heteroatoms. The molecule has 1 amide bonds. The second-order valence-electron chi connectivity index (χ2n) is 7.13. The standard InChI is InChI=1S/C22H24N6O2/c1-30-18-5-3-2-4-17(18)22(10-11-22)21(29)25-15-14-24-19-6-7-20(28-27-19)26-16-8-12-23-13-9-16/h2-9,12-13H,10-11,14-15H2,1H3,(H,24,27)(H,25,29)(H,23,26,28). The summed E-state index contributed by atoms with van der Waals surface area (Å²) in [4.78, 5) is 16.8. The van der Waals surface area contributed by atoms with Crippen LogP contribution < -0.4 is 20.7 Å². The van der Waals surface area contributed by atoms with Crippen LogP contribution in [0, 0.1) is 0 Å². The zero-order valence-corrected chi connectivity index (χ0v) is 16.8. The van der Waals surface area contributed by atoms with E-state index < -0.39 is 5.41 Å². The Morgan fingerprint density at radius 3 is 2.43 bits per heavy atom. The molecular formula is C22H24N6O2. The van der Waals surface area contributed by atoms with E-state index in [2.05, 4.69) is 31.1 Å². The van der Waals surface area contributed by atoms with Gasteiger partial charge in [0.15, 0.2) is 5.82 Å². The minimum atomic E-state index is -0.466. The van der Waals surface area contributed by atoms with Crippen LogP contribution in [0.2, 0.25) is 0 Å². The number of nitrogens with zero attached hydrogens (tertiary/aromatic N) is 3. The van der Waals surface area contributed by atoms with E-state index >= 15 is 0 Å². The number of hydrogen-bond donors (Lipinski definition) is 3. The van der Waals surface area contributed by atoms with Crippen molar-refractivity contribution >= 4 is 23.2 Å². The van der Waals surface area contributed by atoms with Gasteiger partial charge in [-0.2, -0.15) is 0 Å². The first kappa shape index (κ1) is 19.6. The Hall–Kier alpha value is -3.68. The molecule has 2 aromatic heterocycles. The fraction of sp³-hybridized carbons (Fsp3) is 0.273. The molecule has 3 N–H and O–H groups in total. The molecule has 0 saturated heterocycles. The normalized spacial score (nSPS) is 13.9. The summed E-state index contributed by atoms with van der Waals surface area (Å²) in [5.74, 6) is 2.10. The smallest absolute Gasteiger partial charge is 0.230 e. The van der Waals surface area contributed by atoms with E-state index in [1.54, 1.807) is 19.5 Å². The van der Waals surface area contributed by atoms with Crippen LogP contribution in [0.3, 0.4) is 0 Å². The lowest BCUT2D eigenvalue weighted by Gasteiger charge is -2.18. The molecule has 1 aromatic carbocycles. The fourth-order valence-electron chi connectivity index (χ4n) is 3.40. The maximum atomic E-state index is 12.8. The highest BCUT2D eigenvalue weighted by molar-refractivity contribution is 5.92. The SMILES string of the molecule is COc1ccccc1C1(C(=O)NCCNc2ccc(Nc3ccncc3)nn2)CC1. The predicted molar refractivity (Wildman–Crippen MR) is 115 cm³/mol. The van der Waals surface area contributed by atoms with Gasteiger partial charge in [0.1, 0.15) is 11.6 Å². The van der Waals surface area contributed by atoms with Crippen LogP contribution in [0.15, 0.2) is 60.9 Å². The van der Waals surface area contributed by atoms with E-state index in [9.17, 15) is 4.79 Å². The van der Waals surface area contributed by atoms with E-state index in [-0.39, 0.29) is 5.91 Å². The number of ether oxygens (including phenoxy) is 1. The van der Waals surface area contributed by atoms with Gasteiger partial charge in [-0.05, 0) is 43.2 Å². The van der Waals surface area contributed by atoms with Crippen molar-refractivity contribution in [1.29, 1.82) is 0 Å². The molecule has 1 aliphatic carbocycles. The molecule has 2 heterocycles. The van der Waals surface area contributed by atoms with Crippen molar-refractivity contribution in [3.05, 3.63) is 66.5 Å². The third kappa shape index (κ3) is 4.32. The molecule has 1 fully saturated rings. The van der Waals surface area contributed by atoms with Crippen LogP contribution in [0.5, 0.6) is 5.75 Å². The maximum absolute atomic E-state index is 12.8. The monoisotopic (exact) mass is 404 g/mol. The van der Waals surface area contributed by atoms with Crippen molar-refractivity contribution in [2.24, 2.45) is 0 Å². The number of anilines is 3. The number of pyridine rings is 1. The number of rotatable bonds is 9. The molecule has 0 unspecified atom stereocenters. The van der Waals surface area contributed by atoms with Gasteiger partial charge in [0.2, 0.25) is 5.91 Å². The number of methoxy groups -OCH3 is 1. The third-order valence-electron chi connectivity index (χ3n) is 5.14. The van der Waals surface area contributed by atoms with Gasteiger partial charge in [-0.1, -0.05) is 18.2 Å². The Morgan fingerprint density at radius 2 is 1.73 bits per heavy atom. The number of carbonyl (C=O) groups is 1. The van der Waals surface area contributed by atoms with Crippen LogP contribution in [0.25, 0.3) is 0 Å². The summed E-state index contributed by atoms with van der Waals surface area (Å²) in [6, 6.07) is 15.1. The topological polar surface area (TPSA) is 101 Å². The summed E-state index contributed by atoms with van der Waals surface area (Å²) < 4.78 is 5.44. The van der Waals surface area contributed by atoms with Gasteiger partial charge in [-0.25, -0.2) is 0 Å². The van der Waals surface area contributed by atoms with Gasteiger partial charge in [0.05, 0.1) is 12.5 Å². The van der Waals surface area contributed by atoms with Crippen molar-refractivity contribution in [1.82, 2.24) is 20.5 Å². The Labute approximate surface area is 175 Å². The Bertz CT molecular complexity index is 990. The molecule has 154 valence electrons. The summed E-state index contributed by atoms with van der Waals surface area (Å²) in [6.45, 7) is 1.05. The number of para-hydroxylation sites is 1. The predicted octanol–water partition coefficient (Wildman–Crippen LogP) is 2.88. The molecule has 0 spiro atoms. The third-order valence-corrected chi connectivity index (χ3v) is 5.14. The van der Waals surface area contributed by atoms with Gasteiger partial charge in [-0.3, -0.25) is 9.78 Å². The van der Waals surface area contributed by atoms with E-state index in [0.29, 0.717) is 24.7 Å². The lowest BCUT2D eigenvalue weighted by Crippen LogP contribution is -2.37.